The van der Waals surface area contributed by atoms with Gasteiger partial charge in [0.2, 0.25) is 0 Å². The largest absolute Gasteiger partial charge is 0.350 e. The molecule has 4 rings (SSSR count). The smallest absolute Gasteiger partial charge is 0.278 e. The number of likely N-dealkylation sites (tertiary alicyclic amines) is 1. The number of hydrogen-bond donors (Lipinski definition) is 1. The summed E-state index contributed by atoms with van der Waals surface area (Å²) in [7, 11) is 0. The van der Waals surface area contributed by atoms with Crippen LogP contribution in [-0.4, -0.2) is 47.2 Å². The maximum Gasteiger partial charge on any atom is 0.278 e. The third-order valence-electron chi connectivity index (χ3n) is 5.62. The summed E-state index contributed by atoms with van der Waals surface area (Å²) < 4.78 is 0. The van der Waals surface area contributed by atoms with Gasteiger partial charge in [0.05, 0.1) is 0 Å². The second-order valence-electron chi connectivity index (χ2n) is 7.74. The third-order valence-corrected chi connectivity index (χ3v) is 5.97. The van der Waals surface area contributed by atoms with Gasteiger partial charge in [-0.05, 0) is 55.5 Å². The van der Waals surface area contributed by atoms with Crippen LogP contribution in [-0.2, 0) is 16.0 Å². The Hall–Kier alpha value is -3.12. The van der Waals surface area contributed by atoms with Gasteiger partial charge in [0.15, 0.2) is 0 Å². The van der Waals surface area contributed by atoms with Gasteiger partial charge < -0.3 is 10.2 Å². The molecule has 0 atom stereocenters. The first-order valence-electron chi connectivity index (χ1n) is 10.5. The van der Waals surface area contributed by atoms with Crippen molar-refractivity contribution >= 4 is 35.0 Å². The third kappa shape index (κ3) is 4.64. The lowest BCUT2D eigenvalue weighted by atomic mass is 10.1. The van der Waals surface area contributed by atoms with E-state index >= 15 is 0 Å². The highest BCUT2D eigenvalue weighted by molar-refractivity contribution is 6.48. The van der Waals surface area contributed by atoms with Crippen molar-refractivity contribution in [3.05, 3.63) is 76.5 Å². The zero-order valence-electron chi connectivity index (χ0n) is 17.1. The summed E-state index contributed by atoms with van der Waals surface area (Å²) in [5.41, 5.74) is 2.30. The second-order valence-corrected chi connectivity index (χ2v) is 8.12. The van der Waals surface area contributed by atoms with Gasteiger partial charge >= 0.3 is 0 Å². The molecule has 2 aliphatic rings. The van der Waals surface area contributed by atoms with Crippen LogP contribution in [0.15, 0.2) is 65.3 Å². The molecule has 1 fully saturated rings. The summed E-state index contributed by atoms with van der Waals surface area (Å²) in [6.07, 6.45) is 3.80. The molecule has 31 heavy (non-hydrogen) atoms. The summed E-state index contributed by atoms with van der Waals surface area (Å²) in [6, 6.07) is 16.5. The number of carbonyl (C=O) groups excluding carboxylic acids is 3. The lowest BCUT2D eigenvalue weighted by Gasteiger charge is -2.26. The van der Waals surface area contributed by atoms with Crippen molar-refractivity contribution in [2.45, 2.75) is 25.7 Å². The van der Waals surface area contributed by atoms with Crippen LogP contribution in [0.2, 0.25) is 0 Å². The average Bonchev–Trinajstić information content (AvgIpc) is 3.02. The van der Waals surface area contributed by atoms with Gasteiger partial charge in [-0.3, -0.25) is 19.3 Å². The molecule has 0 aliphatic carbocycles. The van der Waals surface area contributed by atoms with Crippen molar-refractivity contribution in [3.63, 3.8) is 0 Å². The van der Waals surface area contributed by atoms with Crippen LogP contribution >= 0.6 is 11.6 Å². The number of imide groups is 1. The average molecular weight is 438 g/mol. The first kappa shape index (κ1) is 21.1. The fourth-order valence-electron chi connectivity index (χ4n) is 3.86. The Balaban J connectivity index is 1.40. The minimum absolute atomic E-state index is 0.0164. The first-order chi connectivity index (χ1) is 15.0. The Morgan fingerprint density at radius 2 is 1.58 bits per heavy atom. The molecule has 2 heterocycles. The molecule has 1 N–H and O–H groups in total. The van der Waals surface area contributed by atoms with Gasteiger partial charge in [0.1, 0.15) is 10.7 Å². The fraction of sp³-hybridized carbons (Fsp3) is 0.292. The van der Waals surface area contributed by atoms with Crippen LogP contribution in [0.4, 0.5) is 5.69 Å². The molecule has 7 heteroatoms. The molecule has 0 saturated carbocycles. The molecule has 0 spiro atoms. The number of benzene rings is 2. The van der Waals surface area contributed by atoms with Crippen molar-refractivity contribution in [1.29, 1.82) is 0 Å². The highest BCUT2D eigenvalue weighted by Crippen LogP contribution is 2.26. The van der Waals surface area contributed by atoms with E-state index in [1.807, 2.05) is 35.2 Å². The number of anilines is 1. The first-order valence-corrected chi connectivity index (χ1v) is 10.9. The predicted octanol–water partition coefficient (Wildman–Crippen LogP) is 3.79. The Kier molecular flexibility index (Phi) is 6.37. The van der Waals surface area contributed by atoms with Gasteiger partial charge in [0.25, 0.3) is 17.7 Å². The van der Waals surface area contributed by atoms with Gasteiger partial charge in [-0.2, -0.15) is 0 Å². The molecule has 0 aromatic heterocycles. The molecule has 0 radical (unpaired) electrons. The normalized spacial score (nSPS) is 16.8. The topological polar surface area (TPSA) is 69.7 Å². The van der Waals surface area contributed by atoms with E-state index in [0.29, 0.717) is 17.7 Å². The van der Waals surface area contributed by atoms with Gasteiger partial charge in [0, 0.05) is 30.9 Å². The van der Waals surface area contributed by atoms with E-state index in [-0.39, 0.29) is 23.2 Å². The zero-order chi connectivity index (χ0) is 21.8. The summed E-state index contributed by atoms with van der Waals surface area (Å²) in [5.74, 6) is -0.927. The van der Waals surface area contributed by atoms with E-state index in [0.717, 1.165) is 42.8 Å². The molecule has 6 nitrogen and oxygen atoms in total. The quantitative estimate of drug-likeness (QED) is 0.698. The van der Waals surface area contributed by atoms with Crippen LogP contribution in [0.5, 0.6) is 0 Å². The van der Waals surface area contributed by atoms with E-state index in [1.165, 1.54) is 0 Å². The lowest BCUT2D eigenvalue weighted by Crippen LogP contribution is -2.35. The van der Waals surface area contributed by atoms with Crippen molar-refractivity contribution in [2.75, 3.05) is 25.0 Å². The number of amides is 3. The second kappa shape index (κ2) is 9.35. The summed E-state index contributed by atoms with van der Waals surface area (Å²) in [4.78, 5) is 40.9. The minimum atomic E-state index is -0.498. The molecule has 2 aliphatic heterocycles. The maximum absolute atomic E-state index is 12.8. The number of nitrogens with one attached hydrogen (secondary N) is 1. The van der Waals surface area contributed by atoms with Crippen LogP contribution in [0.3, 0.4) is 0 Å². The lowest BCUT2D eigenvalue weighted by molar-refractivity contribution is -0.137. The number of hydrogen-bond acceptors (Lipinski definition) is 4. The molecule has 1 saturated heterocycles. The number of halogens is 1. The van der Waals surface area contributed by atoms with E-state index < -0.39 is 11.8 Å². The van der Waals surface area contributed by atoms with E-state index in [9.17, 15) is 14.4 Å². The standard InChI is InChI=1S/C24H24ClN3O3/c25-20-21(24(31)28(23(20)30)16-13-17-7-3-1-4-8-17)26-19-11-9-18(10-12-19)22(29)27-14-5-2-6-15-27/h1,3-4,7-12,26H,2,5-6,13-16H2. The molecule has 3 amide bonds. The molecule has 0 unspecified atom stereocenters. The van der Waals surface area contributed by atoms with Gasteiger partial charge in [-0.25, -0.2) is 0 Å². The Morgan fingerprint density at radius 3 is 2.26 bits per heavy atom. The van der Waals surface area contributed by atoms with Crippen molar-refractivity contribution in [1.82, 2.24) is 9.80 Å². The molecule has 160 valence electrons. The molecule has 0 bridgehead atoms. The Bertz CT molecular complexity index is 1010. The van der Waals surface area contributed by atoms with Crippen molar-refractivity contribution < 1.29 is 14.4 Å². The van der Waals surface area contributed by atoms with E-state index in [1.54, 1.807) is 24.3 Å². The number of rotatable bonds is 6. The predicted molar refractivity (Wildman–Crippen MR) is 120 cm³/mol. The number of piperidine rings is 1. The van der Waals surface area contributed by atoms with Crippen LogP contribution in [0.25, 0.3) is 0 Å². The van der Waals surface area contributed by atoms with Crippen molar-refractivity contribution in [3.8, 4) is 0 Å². The number of nitrogens with zero attached hydrogens (tertiary/aromatic N) is 2. The molecular formula is C24H24ClN3O3. The summed E-state index contributed by atoms with van der Waals surface area (Å²) >= 11 is 6.18. The van der Waals surface area contributed by atoms with Crippen LogP contribution in [0, 0.1) is 0 Å². The number of carbonyl (C=O) groups is 3. The maximum atomic E-state index is 12.8. The Labute approximate surface area is 186 Å². The molecule has 2 aromatic carbocycles. The monoisotopic (exact) mass is 437 g/mol. The SMILES string of the molecule is O=C(c1ccc(NC2=C(Cl)C(=O)N(CCc3ccccc3)C2=O)cc1)N1CCCCC1. The fourth-order valence-corrected chi connectivity index (χ4v) is 4.09. The van der Waals surface area contributed by atoms with Gasteiger partial charge in [-0.1, -0.05) is 41.9 Å². The highest BCUT2D eigenvalue weighted by Gasteiger charge is 2.37. The van der Waals surface area contributed by atoms with Crippen LogP contribution in [0.1, 0.15) is 35.2 Å². The Morgan fingerprint density at radius 1 is 0.903 bits per heavy atom. The van der Waals surface area contributed by atoms with Crippen LogP contribution < -0.4 is 5.32 Å². The molecule has 2 aromatic rings. The van der Waals surface area contributed by atoms with E-state index in [4.69, 9.17) is 11.6 Å². The summed E-state index contributed by atoms with van der Waals surface area (Å²) in [6.45, 7) is 1.83. The minimum Gasteiger partial charge on any atom is -0.350 e. The molecular weight excluding hydrogens is 414 g/mol. The van der Waals surface area contributed by atoms with E-state index in [2.05, 4.69) is 5.32 Å². The van der Waals surface area contributed by atoms with Crippen molar-refractivity contribution in [2.24, 2.45) is 0 Å². The van der Waals surface area contributed by atoms with Gasteiger partial charge in [-0.15, -0.1) is 0 Å². The zero-order valence-corrected chi connectivity index (χ0v) is 17.9. The highest BCUT2D eigenvalue weighted by atomic mass is 35.5. The summed E-state index contributed by atoms with van der Waals surface area (Å²) in [5, 5.41) is 2.84.